The van der Waals surface area contributed by atoms with Crippen molar-refractivity contribution in [1.82, 2.24) is 4.90 Å². The second kappa shape index (κ2) is 6.25. The van der Waals surface area contributed by atoms with Crippen LogP contribution in [0.15, 0.2) is 0 Å². The molecule has 2 aliphatic rings. The average Bonchev–Trinajstić information content (AvgIpc) is 2.55. The van der Waals surface area contributed by atoms with Gasteiger partial charge in [-0.25, -0.2) is 0 Å². The molecular weight excluding hydrogens is 238 g/mol. The summed E-state index contributed by atoms with van der Waals surface area (Å²) < 4.78 is 0. The van der Waals surface area contributed by atoms with Crippen LogP contribution in [0.1, 0.15) is 65.2 Å². The standard InChI is InChI=1S/C16H29NO2/c1-13-7-6-9-16(11-13,15(18)19)12-17-10-5-3-4-8-14(17)2/h13-14H,3-12H2,1-2H3,(H,18,19). The van der Waals surface area contributed by atoms with Crippen molar-refractivity contribution in [3.63, 3.8) is 0 Å². The topological polar surface area (TPSA) is 40.5 Å². The molecule has 0 aromatic carbocycles. The maximum atomic E-state index is 11.9. The Labute approximate surface area is 117 Å². The molecule has 0 spiro atoms. The van der Waals surface area contributed by atoms with E-state index in [4.69, 9.17) is 0 Å². The predicted molar refractivity (Wildman–Crippen MR) is 77.2 cm³/mol. The highest BCUT2D eigenvalue weighted by molar-refractivity contribution is 5.75. The molecule has 0 bridgehead atoms. The fourth-order valence-electron chi connectivity index (χ4n) is 4.02. The molecule has 0 aromatic heterocycles. The van der Waals surface area contributed by atoms with E-state index in [0.717, 1.165) is 32.4 Å². The highest BCUT2D eigenvalue weighted by atomic mass is 16.4. The zero-order valence-electron chi connectivity index (χ0n) is 12.5. The van der Waals surface area contributed by atoms with Crippen molar-refractivity contribution >= 4 is 5.97 Å². The van der Waals surface area contributed by atoms with Crippen LogP contribution < -0.4 is 0 Å². The summed E-state index contributed by atoms with van der Waals surface area (Å²) in [6.45, 7) is 6.34. The molecule has 1 saturated heterocycles. The number of carbonyl (C=O) groups is 1. The highest BCUT2D eigenvalue weighted by Crippen LogP contribution is 2.41. The number of hydrogen-bond acceptors (Lipinski definition) is 2. The zero-order chi connectivity index (χ0) is 13.9. The van der Waals surface area contributed by atoms with Crippen molar-refractivity contribution in [3.05, 3.63) is 0 Å². The molecule has 0 radical (unpaired) electrons. The van der Waals surface area contributed by atoms with E-state index >= 15 is 0 Å². The Balaban J connectivity index is 2.09. The lowest BCUT2D eigenvalue weighted by Gasteiger charge is -2.41. The van der Waals surface area contributed by atoms with Crippen LogP contribution in [-0.2, 0) is 4.79 Å². The van der Waals surface area contributed by atoms with E-state index in [2.05, 4.69) is 18.7 Å². The van der Waals surface area contributed by atoms with Crippen molar-refractivity contribution in [1.29, 1.82) is 0 Å². The van der Waals surface area contributed by atoms with E-state index < -0.39 is 11.4 Å². The number of carboxylic acid groups (broad SMARTS) is 1. The zero-order valence-corrected chi connectivity index (χ0v) is 12.5. The third kappa shape index (κ3) is 3.50. The summed E-state index contributed by atoms with van der Waals surface area (Å²) in [4.78, 5) is 14.3. The Morgan fingerprint density at radius 3 is 2.68 bits per heavy atom. The van der Waals surface area contributed by atoms with Gasteiger partial charge in [0.25, 0.3) is 0 Å². The molecular formula is C16H29NO2. The molecule has 3 unspecified atom stereocenters. The van der Waals surface area contributed by atoms with Gasteiger partial charge in [0.15, 0.2) is 0 Å². The number of likely N-dealkylation sites (tertiary alicyclic amines) is 1. The number of nitrogens with zero attached hydrogens (tertiary/aromatic N) is 1. The molecule has 0 amide bonds. The van der Waals surface area contributed by atoms with Crippen molar-refractivity contribution in [2.75, 3.05) is 13.1 Å². The normalized spacial score (nSPS) is 37.8. The largest absolute Gasteiger partial charge is 0.481 e. The van der Waals surface area contributed by atoms with E-state index in [-0.39, 0.29) is 0 Å². The molecule has 19 heavy (non-hydrogen) atoms. The van der Waals surface area contributed by atoms with E-state index in [9.17, 15) is 9.90 Å². The van der Waals surface area contributed by atoms with Gasteiger partial charge in [-0.15, -0.1) is 0 Å². The molecule has 1 heterocycles. The van der Waals surface area contributed by atoms with Crippen molar-refractivity contribution in [2.24, 2.45) is 11.3 Å². The minimum absolute atomic E-state index is 0.476. The quantitative estimate of drug-likeness (QED) is 0.850. The maximum Gasteiger partial charge on any atom is 0.310 e. The molecule has 3 atom stereocenters. The number of carboxylic acids is 1. The lowest BCUT2D eigenvalue weighted by atomic mass is 9.69. The minimum atomic E-state index is -0.560. The van der Waals surface area contributed by atoms with Crippen LogP contribution in [-0.4, -0.2) is 35.1 Å². The van der Waals surface area contributed by atoms with Gasteiger partial charge in [0.05, 0.1) is 5.41 Å². The van der Waals surface area contributed by atoms with Crippen LogP contribution >= 0.6 is 0 Å². The van der Waals surface area contributed by atoms with Crippen LogP contribution in [0.4, 0.5) is 0 Å². The first-order valence-electron chi connectivity index (χ1n) is 8.01. The average molecular weight is 267 g/mol. The van der Waals surface area contributed by atoms with Crippen LogP contribution in [0.25, 0.3) is 0 Å². The molecule has 2 fully saturated rings. The Morgan fingerprint density at radius 1 is 1.21 bits per heavy atom. The van der Waals surface area contributed by atoms with E-state index in [1.165, 1.54) is 32.1 Å². The Kier molecular flexibility index (Phi) is 4.88. The van der Waals surface area contributed by atoms with Gasteiger partial charge in [-0.3, -0.25) is 9.69 Å². The van der Waals surface area contributed by atoms with Crippen molar-refractivity contribution < 1.29 is 9.90 Å². The number of aliphatic carboxylic acids is 1. The van der Waals surface area contributed by atoms with Gasteiger partial charge >= 0.3 is 5.97 Å². The van der Waals surface area contributed by atoms with Crippen LogP contribution in [0.5, 0.6) is 0 Å². The summed E-state index contributed by atoms with van der Waals surface area (Å²) in [5.41, 5.74) is -0.476. The third-order valence-corrected chi connectivity index (χ3v) is 5.24. The second-order valence-corrected chi connectivity index (χ2v) is 6.96. The van der Waals surface area contributed by atoms with Crippen molar-refractivity contribution in [3.8, 4) is 0 Å². The van der Waals surface area contributed by atoms with Crippen LogP contribution in [0.3, 0.4) is 0 Å². The molecule has 1 aliphatic heterocycles. The van der Waals surface area contributed by atoms with Crippen molar-refractivity contribution in [2.45, 2.75) is 71.3 Å². The van der Waals surface area contributed by atoms with Gasteiger partial charge in [0.1, 0.15) is 0 Å². The molecule has 0 aromatic rings. The lowest BCUT2D eigenvalue weighted by Crippen LogP contribution is -2.48. The Bertz CT molecular complexity index is 318. The number of hydrogen-bond donors (Lipinski definition) is 1. The maximum absolute atomic E-state index is 11.9. The molecule has 110 valence electrons. The Morgan fingerprint density at radius 2 is 2.00 bits per heavy atom. The SMILES string of the molecule is CC1CCCC(CN2CCCCCC2C)(C(=O)O)C1. The highest BCUT2D eigenvalue weighted by Gasteiger charge is 2.43. The Hall–Kier alpha value is -0.570. The monoisotopic (exact) mass is 267 g/mol. The molecule has 1 aliphatic carbocycles. The summed E-state index contributed by atoms with van der Waals surface area (Å²) in [7, 11) is 0. The fraction of sp³-hybridized carbons (Fsp3) is 0.938. The van der Waals surface area contributed by atoms with Gasteiger partial charge in [0, 0.05) is 12.6 Å². The van der Waals surface area contributed by atoms with Gasteiger partial charge in [0.2, 0.25) is 0 Å². The van der Waals surface area contributed by atoms with Gasteiger partial charge in [-0.2, -0.15) is 0 Å². The van der Waals surface area contributed by atoms with Crippen LogP contribution in [0.2, 0.25) is 0 Å². The summed E-state index contributed by atoms with van der Waals surface area (Å²) in [5.74, 6) is 0.00244. The van der Waals surface area contributed by atoms with Crippen LogP contribution in [0, 0.1) is 11.3 Å². The van der Waals surface area contributed by atoms with E-state index in [1.54, 1.807) is 0 Å². The third-order valence-electron chi connectivity index (χ3n) is 5.24. The first-order chi connectivity index (χ1) is 9.03. The molecule has 3 nitrogen and oxygen atoms in total. The summed E-state index contributed by atoms with van der Waals surface area (Å²) >= 11 is 0. The van der Waals surface area contributed by atoms with E-state index in [1.807, 2.05) is 0 Å². The van der Waals surface area contributed by atoms with Gasteiger partial charge in [-0.1, -0.05) is 32.6 Å². The van der Waals surface area contributed by atoms with Gasteiger partial charge in [-0.05, 0) is 45.1 Å². The lowest BCUT2D eigenvalue weighted by molar-refractivity contribution is -0.154. The molecule has 1 saturated carbocycles. The first-order valence-corrected chi connectivity index (χ1v) is 8.01. The smallest absolute Gasteiger partial charge is 0.310 e. The predicted octanol–water partition coefficient (Wildman–Crippen LogP) is 3.53. The summed E-state index contributed by atoms with van der Waals surface area (Å²) in [6, 6.07) is 0.552. The molecule has 3 heteroatoms. The fourth-order valence-corrected chi connectivity index (χ4v) is 4.02. The van der Waals surface area contributed by atoms with Gasteiger partial charge < -0.3 is 5.11 Å². The number of rotatable bonds is 3. The first kappa shape index (κ1) is 14.8. The summed E-state index contributed by atoms with van der Waals surface area (Å²) in [6.07, 6.45) is 9.08. The second-order valence-electron chi connectivity index (χ2n) is 6.96. The van der Waals surface area contributed by atoms with E-state index in [0.29, 0.717) is 12.0 Å². The minimum Gasteiger partial charge on any atom is -0.481 e. The molecule has 2 rings (SSSR count). The molecule has 1 N–H and O–H groups in total. The summed E-state index contributed by atoms with van der Waals surface area (Å²) in [5, 5.41) is 9.77.